The van der Waals surface area contributed by atoms with Crippen LogP contribution in [0.1, 0.15) is 59.4 Å². The second kappa shape index (κ2) is 6.80. The predicted octanol–water partition coefficient (Wildman–Crippen LogP) is 7.75. The Morgan fingerprint density at radius 3 is 2.50 bits per heavy atom. The first kappa shape index (κ1) is 17.9. The van der Waals surface area contributed by atoms with Gasteiger partial charge < -0.3 is 0 Å². The Kier molecular flexibility index (Phi) is 4.06. The molecule has 1 fully saturated rings. The predicted molar refractivity (Wildman–Crippen MR) is 126 cm³/mol. The minimum atomic E-state index is 0.704. The molecule has 4 aromatic rings. The van der Waals surface area contributed by atoms with Crippen LogP contribution in [0.3, 0.4) is 0 Å². The van der Waals surface area contributed by atoms with Gasteiger partial charge in [-0.25, -0.2) is 0 Å². The second-order valence-corrected chi connectivity index (χ2v) is 9.21. The number of nitrogens with zero attached hydrogens (tertiary/aromatic N) is 1. The van der Waals surface area contributed by atoms with Gasteiger partial charge in [0.2, 0.25) is 0 Å². The van der Waals surface area contributed by atoms with Crippen LogP contribution in [0.2, 0.25) is 0 Å². The number of fused-ring (bicyclic) bond motifs is 4. The lowest BCUT2D eigenvalue weighted by Crippen LogP contribution is -1.99. The summed E-state index contributed by atoms with van der Waals surface area (Å²) in [5, 5.41) is 2.77. The number of aryl methyl sites for hydroxylation is 2. The standard InChI is InChI=1S/C29H27N/c1-18-14-25-22-11-6-5-10-21(22)16-26(25)27(15-18)29-24-13-7-12-23(20-8-3-4-9-20)28(24)19(2)17-30-29/h5-7,10-15,17,20H,3-4,8-9,16H2,1-2H3. The van der Waals surface area contributed by atoms with Gasteiger partial charge in [-0.15, -0.1) is 0 Å². The summed E-state index contributed by atoms with van der Waals surface area (Å²) in [5.74, 6) is 0.704. The molecule has 6 rings (SSSR count). The topological polar surface area (TPSA) is 12.9 Å². The Morgan fingerprint density at radius 2 is 1.63 bits per heavy atom. The Bertz CT molecular complexity index is 1290. The summed E-state index contributed by atoms with van der Waals surface area (Å²) in [5.41, 5.74) is 12.3. The van der Waals surface area contributed by atoms with Crippen molar-refractivity contribution in [2.45, 2.75) is 51.9 Å². The summed E-state index contributed by atoms with van der Waals surface area (Å²) in [7, 11) is 0. The van der Waals surface area contributed by atoms with Crippen molar-refractivity contribution >= 4 is 10.8 Å². The zero-order valence-electron chi connectivity index (χ0n) is 17.8. The van der Waals surface area contributed by atoms with Crippen LogP contribution in [0, 0.1) is 13.8 Å². The Labute approximate surface area is 178 Å². The summed E-state index contributed by atoms with van der Waals surface area (Å²) >= 11 is 0. The average molecular weight is 390 g/mol. The van der Waals surface area contributed by atoms with Crippen molar-refractivity contribution in [2.24, 2.45) is 0 Å². The van der Waals surface area contributed by atoms with Gasteiger partial charge in [-0.2, -0.15) is 0 Å². The normalized spacial score (nSPS) is 15.5. The number of benzene rings is 3. The minimum Gasteiger partial charge on any atom is -0.255 e. The van der Waals surface area contributed by atoms with Crippen LogP contribution in [-0.2, 0) is 6.42 Å². The molecule has 0 N–H and O–H groups in total. The SMILES string of the molecule is Cc1cc2c(c(-c3ncc(C)c4c(C5CCCC5)cccc34)c1)Cc1ccccc1-2. The van der Waals surface area contributed by atoms with E-state index in [-0.39, 0.29) is 0 Å². The van der Waals surface area contributed by atoms with Crippen molar-refractivity contribution < 1.29 is 0 Å². The monoisotopic (exact) mass is 389 g/mol. The molecule has 0 bridgehead atoms. The fraction of sp³-hybridized carbons (Fsp3) is 0.276. The van der Waals surface area contributed by atoms with E-state index in [9.17, 15) is 0 Å². The lowest BCUT2D eigenvalue weighted by Gasteiger charge is -2.18. The van der Waals surface area contributed by atoms with E-state index in [1.165, 1.54) is 75.4 Å². The molecule has 1 aromatic heterocycles. The Hall–Kier alpha value is -2.93. The minimum absolute atomic E-state index is 0.704. The summed E-state index contributed by atoms with van der Waals surface area (Å²) < 4.78 is 0. The van der Waals surface area contributed by atoms with Crippen molar-refractivity contribution in [2.75, 3.05) is 0 Å². The van der Waals surface area contributed by atoms with Crippen LogP contribution in [0.15, 0.2) is 60.8 Å². The van der Waals surface area contributed by atoms with Gasteiger partial charge >= 0.3 is 0 Å². The van der Waals surface area contributed by atoms with Gasteiger partial charge in [0, 0.05) is 17.1 Å². The van der Waals surface area contributed by atoms with Gasteiger partial charge in [0.15, 0.2) is 0 Å². The van der Waals surface area contributed by atoms with E-state index in [0.29, 0.717) is 5.92 Å². The molecule has 148 valence electrons. The molecule has 0 radical (unpaired) electrons. The fourth-order valence-corrected chi connectivity index (χ4v) is 5.88. The van der Waals surface area contributed by atoms with Gasteiger partial charge in [-0.1, -0.05) is 61.4 Å². The molecule has 0 spiro atoms. The number of aromatic nitrogens is 1. The number of rotatable bonds is 2. The van der Waals surface area contributed by atoms with E-state index >= 15 is 0 Å². The molecule has 1 nitrogen and oxygen atoms in total. The summed E-state index contributed by atoms with van der Waals surface area (Å²) in [6, 6.07) is 20.5. The van der Waals surface area contributed by atoms with E-state index in [4.69, 9.17) is 4.98 Å². The summed E-state index contributed by atoms with van der Waals surface area (Å²) in [4.78, 5) is 5.03. The Morgan fingerprint density at radius 1 is 0.833 bits per heavy atom. The molecule has 2 aliphatic rings. The fourth-order valence-electron chi connectivity index (χ4n) is 5.88. The first-order valence-corrected chi connectivity index (χ1v) is 11.3. The van der Waals surface area contributed by atoms with Crippen molar-refractivity contribution in [1.29, 1.82) is 0 Å². The van der Waals surface area contributed by atoms with Gasteiger partial charge in [-0.3, -0.25) is 4.98 Å². The molecular weight excluding hydrogens is 362 g/mol. The van der Waals surface area contributed by atoms with Crippen LogP contribution in [-0.4, -0.2) is 4.98 Å². The zero-order valence-corrected chi connectivity index (χ0v) is 17.8. The van der Waals surface area contributed by atoms with Crippen LogP contribution < -0.4 is 0 Å². The molecule has 0 atom stereocenters. The third-order valence-corrected chi connectivity index (χ3v) is 7.25. The first-order valence-electron chi connectivity index (χ1n) is 11.3. The lowest BCUT2D eigenvalue weighted by atomic mass is 9.88. The van der Waals surface area contributed by atoms with Gasteiger partial charge in [0.05, 0.1) is 5.69 Å². The van der Waals surface area contributed by atoms with Gasteiger partial charge in [0.25, 0.3) is 0 Å². The van der Waals surface area contributed by atoms with Crippen LogP contribution >= 0.6 is 0 Å². The number of hydrogen-bond donors (Lipinski definition) is 0. The van der Waals surface area contributed by atoms with E-state index < -0.39 is 0 Å². The maximum atomic E-state index is 5.03. The largest absolute Gasteiger partial charge is 0.255 e. The van der Waals surface area contributed by atoms with Crippen molar-refractivity contribution in [3.8, 4) is 22.4 Å². The molecule has 1 saturated carbocycles. The molecule has 1 heteroatoms. The average Bonchev–Trinajstić information content (AvgIpc) is 3.42. The second-order valence-electron chi connectivity index (χ2n) is 9.21. The van der Waals surface area contributed by atoms with Crippen molar-refractivity contribution in [3.63, 3.8) is 0 Å². The lowest BCUT2D eigenvalue weighted by molar-refractivity contribution is 0.729. The smallest absolute Gasteiger partial charge is 0.0783 e. The highest BCUT2D eigenvalue weighted by atomic mass is 14.7. The number of hydrogen-bond acceptors (Lipinski definition) is 1. The quantitative estimate of drug-likeness (QED) is 0.301. The highest BCUT2D eigenvalue weighted by Gasteiger charge is 2.25. The van der Waals surface area contributed by atoms with Gasteiger partial charge in [0.1, 0.15) is 0 Å². The van der Waals surface area contributed by atoms with Crippen molar-refractivity contribution in [3.05, 3.63) is 88.6 Å². The maximum absolute atomic E-state index is 5.03. The van der Waals surface area contributed by atoms with Gasteiger partial charge in [-0.05, 0) is 89.4 Å². The zero-order chi connectivity index (χ0) is 20.2. The summed E-state index contributed by atoms with van der Waals surface area (Å²) in [6.07, 6.45) is 8.48. The highest BCUT2D eigenvalue weighted by Crippen LogP contribution is 2.45. The first-order chi connectivity index (χ1) is 14.7. The molecule has 0 amide bonds. The molecular formula is C29H27N. The van der Waals surface area contributed by atoms with Crippen molar-refractivity contribution in [1.82, 2.24) is 4.98 Å². The molecule has 2 aliphatic carbocycles. The third-order valence-electron chi connectivity index (χ3n) is 7.25. The highest BCUT2D eigenvalue weighted by molar-refractivity contribution is 6.00. The van der Waals surface area contributed by atoms with Crippen LogP contribution in [0.4, 0.5) is 0 Å². The molecule has 0 aliphatic heterocycles. The summed E-state index contributed by atoms with van der Waals surface area (Å²) in [6.45, 7) is 4.44. The molecule has 0 saturated heterocycles. The Balaban J connectivity index is 1.62. The van der Waals surface area contributed by atoms with E-state index in [2.05, 4.69) is 74.6 Å². The van der Waals surface area contributed by atoms with Crippen LogP contribution in [0.25, 0.3) is 33.2 Å². The third kappa shape index (κ3) is 2.65. The molecule has 0 unspecified atom stereocenters. The maximum Gasteiger partial charge on any atom is 0.0783 e. The molecule has 3 aromatic carbocycles. The molecule has 30 heavy (non-hydrogen) atoms. The van der Waals surface area contributed by atoms with E-state index in [1.807, 2.05) is 0 Å². The number of pyridine rings is 1. The van der Waals surface area contributed by atoms with E-state index in [0.717, 1.165) is 12.1 Å². The van der Waals surface area contributed by atoms with E-state index in [1.54, 1.807) is 5.56 Å². The van der Waals surface area contributed by atoms with Crippen LogP contribution in [0.5, 0.6) is 0 Å². The molecule has 1 heterocycles.